The SMILES string of the molecule is CC(CCOc1cccc(Br)c1)(C(=O)O)C(=O)NC1CC1. The zero-order valence-electron chi connectivity index (χ0n) is 11.8. The van der Waals surface area contributed by atoms with Crippen LogP contribution in [-0.4, -0.2) is 29.6 Å². The van der Waals surface area contributed by atoms with E-state index in [4.69, 9.17) is 4.74 Å². The highest BCUT2D eigenvalue weighted by Gasteiger charge is 2.43. The van der Waals surface area contributed by atoms with Crippen LogP contribution >= 0.6 is 15.9 Å². The smallest absolute Gasteiger partial charge is 0.319 e. The van der Waals surface area contributed by atoms with E-state index in [0.29, 0.717) is 5.75 Å². The van der Waals surface area contributed by atoms with Crippen molar-refractivity contribution < 1.29 is 19.4 Å². The van der Waals surface area contributed by atoms with Crippen LogP contribution in [0.4, 0.5) is 0 Å². The van der Waals surface area contributed by atoms with Crippen molar-refractivity contribution in [3.8, 4) is 5.75 Å². The molecule has 1 atom stereocenters. The molecule has 0 radical (unpaired) electrons. The number of aliphatic carboxylic acids is 1. The van der Waals surface area contributed by atoms with Crippen molar-refractivity contribution in [1.82, 2.24) is 5.32 Å². The summed E-state index contributed by atoms with van der Waals surface area (Å²) in [5.41, 5.74) is -1.46. The summed E-state index contributed by atoms with van der Waals surface area (Å²) in [5.74, 6) is -0.923. The zero-order chi connectivity index (χ0) is 15.5. The van der Waals surface area contributed by atoms with Crippen LogP contribution in [0.2, 0.25) is 0 Å². The molecular formula is C15H18BrNO4. The van der Waals surface area contributed by atoms with E-state index in [-0.39, 0.29) is 19.1 Å². The van der Waals surface area contributed by atoms with Gasteiger partial charge in [0.15, 0.2) is 0 Å². The van der Waals surface area contributed by atoms with Gasteiger partial charge in [-0.2, -0.15) is 0 Å². The molecule has 1 aromatic carbocycles. The van der Waals surface area contributed by atoms with Crippen molar-refractivity contribution in [2.24, 2.45) is 5.41 Å². The fourth-order valence-corrected chi connectivity index (χ4v) is 2.20. The van der Waals surface area contributed by atoms with Gasteiger partial charge in [-0.25, -0.2) is 0 Å². The third-order valence-electron chi connectivity index (χ3n) is 3.55. The van der Waals surface area contributed by atoms with Crippen LogP contribution in [0.1, 0.15) is 26.2 Å². The number of carbonyl (C=O) groups is 2. The molecule has 0 bridgehead atoms. The van der Waals surface area contributed by atoms with Gasteiger partial charge in [0.05, 0.1) is 6.61 Å². The molecule has 0 spiro atoms. The summed E-state index contributed by atoms with van der Waals surface area (Å²) in [4.78, 5) is 23.5. The first kappa shape index (κ1) is 15.8. The number of rotatable bonds is 7. The van der Waals surface area contributed by atoms with Gasteiger partial charge in [0, 0.05) is 16.9 Å². The summed E-state index contributed by atoms with van der Waals surface area (Å²) < 4.78 is 6.41. The van der Waals surface area contributed by atoms with Crippen molar-refractivity contribution in [1.29, 1.82) is 0 Å². The first-order valence-corrected chi connectivity index (χ1v) is 7.64. The highest BCUT2D eigenvalue weighted by Crippen LogP contribution is 2.27. The lowest BCUT2D eigenvalue weighted by Gasteiger charge is -2.23. The number of amides is 1. The molecule has 0 aromatic heterocycles. The van der Waals surface area contributed by atoms with Gasteiger partial charge in [0.25, 0.3) is 0 Å². The predicted octanol–water partition coefficient (Wildman–Crippen LogP) is 2.59. The first-order chi connectivity index (χ1) is 9.91. The summed E-state index contributed by atoms with van der Waals surface area (Å²) >= 11 is 3.34. The van der Waals surface area contributed by atoms with Crippen LogP contribution in [0, 0.1) is 5.41 Å². The lowest BCUT2D eigenvalue weighted by molar-refractivity contribution is -0.155. The van der Waals surface area contributed by atoms with Crippen LogP contribution < -0.4 is 10.1 Å². The van der Waals surface area contributed by atoms with Crippen LogP contribution in [0.3, 0.4) is 0 Å². The third kappa shape index (κ3) is 4.20. The predicted molar refractivity (Wildman–Crippen MR) is 81.2 cm³/mol. The summed E-state index contributed by atoms with van der Waals surface area (Å²) in [6, 6.07) is 7.42. The lowest BCUT2D eigenvalue weighted by atomic mass is 9.86. The standard InChI is InChI=1S/C15H18BrNO4/c1-15(14(19)20,13(18)17-11-5-6-11)7-8-21-12-4-2-3-10(16)9-12/h2-4,9,11H,5-8H2,1H3,(H,17,18)(H,19,20). The Morgan fingerprint density at radius 2 is 2.19 bits per heavy atom. The molecule has 1 aromatic rings. The monoisotopic (exact) mass is 355 g/mol. The zero-order valence-corrected chi connectivity index (χ0v) is 13.4. The van der Waals surface area contributed by atoms with E-state index in [1.807, 2.05) is 12.1 Å². The van der Waals surface area contributed by atoms with Gasteiger partial charge in [-0.15, -0.1) is 0 Å². The Kier molecular flexibility index (Phi) is 4.88. The molecule has 114 valence electrons. The van der Waals surface area contributed by atoms with E-state index >= 15 is 0 Å². The lowest BCUT2D eigenvalue weighted by Crippen LogP contribution is -2.46. The van der Waals surface area contributed by atoms with E-state index in [1.165, 1.54) is 6.92 Å². The maximum absolute atomic E-state index is 12.1. The van der Waals surface area contributed by atoms with Crippen LogP contribution in [0.15, 0.2) is 28.7 Å². The fraction of sp³-hybridized carbons (Fsp3) is 0.467. The Labute approximate surface area is 131 Å². The van der Waals surface area contributed by atoms with Gasteiger partial charge >= 0.3 is 5.97 Å². The molecule has 1 unspecified atom stereocenters. The number of ether oxygens (including phenoxy) is 1. The van der Waals surface area contributed by atoms with Crippen LogP contribution in [0.25, 0.3) is 0 Å². The van der Waals surface area contributed by atoms with Gasteiger partial charge in [-0.1, -0.05) is 22.0 Å². The average Bonchev–Trinajstić information content (AvgIpc) is 3.22. The number of carbonyl (C=O) groups excluding carboxylic acids is 1. The Morgan fingerprint density at radius 1 is 1.48 bits per heavy atom. The summed E-state index contributed by atoms with van der Waals surface area (Å²) in [6.45, 7) is 1.61. The molecular weight excluding hydrogens is 338 g/mol. The van der Waals surface area contributed by atoms with Gasteiger partial charge in [0.1, 0.15) is 11.2 Å². The number of benzene rings is 1. The Hall–Kier alpha value is -1.56. The van der Waals surface area contributed by atoms with Gasteiger partial charge < -0.3 is 15.2 Å². The number of hydrogen-bond donors (Lipinski definition) is 2. The topological polar surface area (TPSA) is 75.6 Å². The molecule has 1 fully saturated rings. The van der Waals surface area contributed by atoms with E-state index in [2.05, 4.69) is 21.2 Å². The van der Waals surface area contributed by atoms with E-state index in [1.54, 1.807) is 12.1 Å². The summed E-state index contributed by atoms with van der Waals surface area (Å²) in [7, 11) is 0. The minimum atomic E-state index is -1.46. The van der Waals surface area contributed by atoms with Crippen LogP contribution in [0.5, 0.6) is 5.75 Å². The Bertz CT molecular complexity index is 544. The molecule has 1 aliphatic rings. The minimum absolute atomic E-state index is 0.118. The summed E-state index contributed by atoms with van der Waals surface area (Å²) in [6.07, 6.45) is 1.97. The molecule has 2 rings (SSSR count). The Balaban J connectivity index is 1.93. The highest BCUT2D eigenvalue weighted by atomic mass is 79.9. The molecule has 0 saturated heterocycles. The van der Waals surface area contributed by atoms with Crippen molar-refractivity contribution in [2.45, 2.75) is 32.2 Å². The van der Waals surface area contributed by atoms with Crippen molar-refractivity contribution in [3.05, 3.63) is 28.7 Å². The van der Waals surface area contributed by atoms with E-state index in [9.17, 15) is 14.7 Å². The molecule has 1 aliphatic carbocycles. The second kappa shape index (κ2) is 6.47. The number of carboxylic acid groups (broad SMARTS) is 1. The maximum atomic E-state index is 12.1. The van der Waals surface area contributed by atoms with Gasteiger partial charge in [0.2, 0.25) is 5.91 Å². The van der Waals surface area contributed by atoms with Crippen LogP contribution in [-0.2, 0) is 9.59 Å². The second-order valence-electron chi connectivity index (χ2n) is 5.44. The molecule has 21 heavy (non-hydrogen) atoms. The maximum Gasteiger partial charge on any atom is 0.319 e. The van der Waals surface area contributed by atoms with Crippen molar-refractivity contribution in [2.75, 3.05) is 6.61 Å². The van der Waals surface area contributed by atoms with Gasteiger partial charge in [-0.3, -0.25) is 9.59 Å². The normalized spacial score (nSPS) is 16.9. The quantitative estimate of drug-likeness (QED) is 0.737. The number of carboxylic acids is 1. The average molecular weight is 356 g/mol. The minimum Gasteiger partial charge on any atom is -0.494 e. The number of hydrogen-bond acceptors (Lipinski definition) is 3. The molecule has 5 nitrogen and oxygen atoms in total. The van der Waals surface area contributed by atoms with Gasteiger partial charge in [-0.05, 0) is 38.0 Å². The fourth-order valence-electron chi connectivity index (χ4n) is 1.82. The molecule has 0 aliphatic heterocycles. The molecule has 1 amide bonds. The van der Waals surface area contributed by atoms with Crippen molar-refractivity contribution in [3.63, 3.8) is 0 Å². The number of nitrogens with one attached hydrogen (secondary N) is 1. The second-order valence-corrected chi connectivity index (χ2v) is 6.36. The third-order valence-corrected chi connectivity index (χ3v) is 4.05. The molecule has 6 heteroatoms. The molecule has 2 N–H and O–H groups in total. The largest absolute Gasteiger partial charge is 0.494 e. The Morgan fingerprint density at radius 3 is 2.76 bits per heavy atom. The van der Waals surface area contributed by atoms with E-state index < -0.39 is 17.3 Å². The van der Waals surface area contributed by atoms with Crippen molar-refractivity contribution >= 4 is 27.8 Å². The molecule has 1 saturated carbocycles. The number of halogens is 1. The highest BCUT2D eigenvalue weighted by molar-refractivity contribution is 9.10. The molecule has 0 heterocycles. The first-order valence-electron chi connectivity index (χ1n) is 6.84. The summed E-state index contributed by atoms with van der Waals surface area (Å²) in [5, 5.41) is 12.1. The van der Waals surface area contributed by atoms with E-state index in [0.717, 1.165) is 17.3 Å².